The van der Waals surface area contributed by atoms with Crippen molar-refractivity contribution in [2.45, 2.75) is 52.1 Å². The van der Waals surface area contributed by atoms with Crippen LogP contribution in [0, 0.1) is 0 Å². The standard InChI is InChI=1S/C13H23N3O3/c1-9(2)13-14-11(19-15-13)6-5-7-12(18)16(4)8-10(3)17/h9-10,17H,5-8H2,1-4H3. The van der Waals surface area contributed by atoms with Gasteiger partial charge in [0.1, 0.15) is 0 Å². The molecule has 0 aromatic carbocycles. The van der Waals surface area contributed by atoms with Crippen LogP contribution in [0.15, 0.2) is 4.52 Å². The number of carbonyl (C=O) groups is 1. The summed E-state index contributed by atoms with van der Waals surface area (Å²) < 4.78 is 5.11. The van der Waals surface area contributed by atoms with Crippen molar-refractivity contribution in [3.63, 3.8) is 0 Å². The summed E-state index contributed by atoms with van der Waals surface area (Å²) in [5, 5.41) is 13.1. The fraction of sp³-hybridized carbons (Fsp3) is 0.769. The van der Waals surface area contributed by atoms with Crippen LogP contribution in [0.1, 0.15) is 51.2 Å². The summed E-state index contributed by atoms with van der Waals surface area (Å²) in [6.45, 7) is 6.03. The molecule has 6 heteroatoms. The molecule has 6 nitrogen and oxygen atoms in total. The Kier molecular flexibility index (Phi) is 5.95. The maximum atomic E-state index is 11.7. The van der Waals surface area contributed by atoms with E-state index in [4.69, 9.17) is 4.52 Å². The predicted molar refractivity (Wildman–Crippen MR) is 70.6 cm³/mol. The molecule has 0 saturated carbocycles. The average Bonchev–Trinajstić information content (AvgIpc) is 2.76. The summed E-state index contributed by atoms with van der Waals surface area (Å²) in [6.07, 6.45) is 1.19. The molecule has 0 aliphatic carbocycles. The molecule has 1 N–H and O–H groups in total. The Morgan fingerprint density at radius 1 is 1.42 bits per heavy atom. The second-order valence-electron chi connectivity index (χ2n) is 5.18. The van der Waals surface area contributed by atoms with E-state index in [1.807, 2.05) is 13.8 Å². The number of rotatable bonds is 7. The van der Waals surface area contributed by atoms with Crippen molar-refractivity contribution in [1.82, 2.24) is 15.0 Å². The molecule has 1 rings (SSSR count). The smallest absolute Gasteiger partial charge is 0.226 e. The maximum absolute atomic E-state index is 11.7. The lowest BCUT2D eigenvalue weighted by molar-refractivity contribution is -0.131. The third-order valence-electron chi connectivity index (χ3n) is 2.75. The van der Waals surface area contributed by atoms with Gasteiger partial charge in [-0.2, -0.15) is 4.98 Å². The molecular formula is C13H23N3O3. The number of hydrogen-bond acceptors (Lipinski definition) is 5. The quantitative estimate of drug-likeness (QED) is 0.808. The van der Waals surface area contributed by atoms with Crippen molar-refractivity contribution in [3.05, 3.63) is 11.7 Å². The van der Waals surface area contributed by atoms with Gasteiger partial charge in [0.05, 0.1) is 6.10 Å². The molecule has 1 atom stereocenters. The molecule has 0 bridgehead atoms. The fourth-order valence-electron chi connectivity index (χ4n) is 1.68. The molecule has 1 amide bonds. The Hall–Kier alpha value is -1.43. The summed E-state index contributed by atoms with van der Waals surface area (Å²) in [5.74, 6) is 1.54. The van der Waals surface area contributed by atoms with Crippen LogP contribution in [0.5, 0.6) is 0 Å². The minimum absolute atomic E-state index is 0.0181. The second-order valence-corrected chi connectivity index (χ2v) is 5.18. The first kappa shape index (κ1) is 15.6. The molecule has 0 radical (unpaired) electrons. The van der Waals surface area contributed by atoms with Crippen LogP contribution in [0.25, 0.3) is 0 Å². The summed E-state index contributed by atoms with van der Waals surface area (Å²) in [5.41, 5.74) is 0. The van der Waals surface area contributed by atoms with Gasteiger partial charge in [0.15, 0.2) is 5.82 Å². The van der Waals surface area contributed by atoms with E-state index in [1.165, 1.54) is 4.90 Å². The molecule has 1 aromatic heterocycles. The van der Waals surface area contributed by atoms with E-state index in [2.05, 4.69) is 10.1 Å². The molecule has 108 valence electrons. The maximum Gasteiger partial charge on any atom is 0.226 e. The van der Waals surface area contributed by atoms with Gasteiger partial charge in [-0.3, -0.25) is 4.79 Å². The molecule has 1 unspecified atom stereocenters. The lowest BCUT2D eigenvalue weighted by Crippen LogP contribution is -2.32. The fourth-order valence-corrected chi connectivity index (χ4v) is 1.68. The Morgan fingerprint density at radius 2 is 2.11 bits per heavy atom. The number of aliphatic hydroxyl groups excluding tert-OH is 1. The second kappa shape index (κ2) is 7.23. The minimum atomic E-state index is -0.501. The van der Waals surface area contributed by atoms with Gasteiger partial charge in [-0.15, -0.1) is 0 Å². The van der Waals surface area contributed by atoms with E-state index >= 15 is 0 Å². The van der Waals surface area contributed by atoms with Gasteiger partial charge in [-0.1, -0.05) is 19.0 Å². The van der Waals surface area contributed by atoms with Crippen LogP contribution in [0.4, 0.5) is 0 Å². The number of amides is 1. The number of aromatic nitrogens is 2. The van der Waals surface area contributed by atoms with Crippen LogP contribution in [-0.4, -0.2) is 45.8 Å². The summed E-state index contributed by atoms with van der Waals surface area (Å²) in [6, 6.07) is 0. The van der Waals surface area contributed by atoms with Gasteiger partial charge in [0.25, 0.3) is 0 Å². The first-order valence-corrected chi connectivity index (χ1v) is 6.64. The van der Waals surface area contributed by atoms with Crippen molar-refractivity contribution in [1.29, 1.82) is 0 Å². The molecule has 1 aromatic rings. The van der Waals surface area contributed by atoms with Gasteiger partial charge in [0, 0.05) is 32.4 Å². The number of hydrogen-bond donors (Lipinski definition) is 1. The van der Waals surface area contributed by atoms with Crippen LogP contribution in [0.3, 0.4) is 0 Å². The topological polar surface area (TPSA) is 79.5 Å². The molecule has 0 aliphatic rings. The van der Waals surface area contributed by atoms with Gasteiger partial charge in [-0.05, 0) is 13.3 Å². The van der Waals surface area contributed by atoms with E-state index in [-0.39, 0.29) is 11.8 Å². The zero-order valence-electron chi connectivity index (χ0n) is 12.1. The molecule has 0 fully saturated rings. The van der Waals surface area contributed by atoms with Crippen molar-refractivity contribution in [2.24, 2.45) is 0 Å². The van der Waals surface area contributed by atoms with E-state index in [1.54, 1.807) is 14.0 Å². The Morgan fingerprint density at radius 3 is 2.63 bits per heavy atom. The molecule has 1 heterocycles. The van der Waals surface area contributed by atoms with Crippen molar-refractivity contribution in [3.8, 4) is 0 Å². The zero-order chi connectivity index (χ0) is 14.4. The van der Waals surface area contributed by atoms with Crippen molar-refractivity contribution < 1.29 is 14.4 Å². The van der Waals surface area contributed by atoms with Crippen LogP contribution in [-0.2, 0) is 11.2 Å². The molecule has 0 spiro atoms. The van der Waals surface area contributed by atoms with Crippen LogP contribution in [0.2, 0.25) is 0 Å². The van der Waals surface area contributed by atoms with Gasteiger partial charge < -0.3 is 14.5 Å². The van der Waals surface area contributed by atoms with Gasteiger partial charge in [-0.25, -0.2) is 0 Å². The predicted octanol–water partition coefficient (Wildman–Crippen LogP) is 1.35. The summed E-state index contributed by atoms with van der Waals surface area (Å²) >= 11 is 0. The number of carbonyl (C=O) groups excluding carboxylic acids is 1. The normalized spacial score (nSPS) is 12.7. The lowest BCUT2D eigenvalue weighted by Gasteiger charge is -2.18. The monoisotopic (exact) mass is 269 g/mol. The SMILES string of the molecule is CC(O)CN(C)C(=O)CCCc1nc(C(C)C)no1. The van der Waals surface area contributed by atoms with E-state index in [0.29, 0.717) is 37.5 Å². The highest BCUT2D eigenvalue weighted by Gasteiger charge is 2.13. The third kappa shape index (κ3) is 5.38. The van der Waals surface area contributed by atoms with Crippen molar-refractivity contribution in [2.75, 3.05) is 13.6 Å². The summed E-state index contributed by atoms with van der Waals surface area (Å²) in [7, 11) is 1.69. The first-order chi connectivity index (χ1) is 8.90. The average molecular weight is 269 g/mol. The largest absolute Gasteiger partial charge is 0.392 e. The third-order valence-corrected chi connectivity index (χ3v) is 2.75. The number of aliphatic hydroxyl groups is 1. The minimum Gasteiger partial charge on any atom is -0.392 e. The lowest BCUT2D eigenvalue weighted by atomic mass is 10.2. The van der Waals surface area contributed by atoms with Crippen LogP contribution < -0.4 is 0 Å². The van der Waals surface area contributed by atoms with Gasteiger partial charge >= 0.3 is 0 Å². The zero-order valence-corrected chi connectivity index (χ0v) is 12.1. The Labute approximate surface area is 113 Å². The Balaban J connectivity index is 2.31. The highest BCUT2D eigenvalue weighted by molar-refractivity contribution is 5.75. The van der Waals surface area contributed by atoms with E-state index in [0.717, 1.165) is 0 Å². The van der Waals surface area contributed by atoms with Crippen molar-refractivity contribution >= 4 is 5.91 Å². The van der Waals surface area contributed by atoms with Crippen LogP contribution >= 0.6 is 0 Å². The number of likely N-dealkylation sites (N-methyl/N-ethyl adjacent to an activating group) is 1. The molecule has 19 heavy (non-hydrogen) atoms. The molecule has 0 saturated heterocycles. The highest BCUT2D eigenvalue weighted by atomic mass is 16.5. The summed E-state index contributed by atoms with van der Waals surface area (Å²) in [4.78, 5) is 17.5. The number of nitrogens with zero attached hydrogens (tertiary/aromatic N) is 3. The van der Waals surface area contributed by atoms with E-state index in [9.17, 15) is 9.90 Å². The highest BCUT2D eigenvalue weighted by Crippen LogP contribution is 2.11. The number of aryl methyl sites for hydroxylation is 1. The molecular weight excluding hydrogens is 246 g/mol. The first-order valence-electron chi connectivity index (χ1n) is 6.64. The van der Waals surface area contributed by atoms with Gasteiger partial charge in [0.2, 0.25) is 11.8 Å². The molecule has 0 aliphatic heterocycles. The Bertz CT molecular complexity index is 402. The van der Waals surface area contributed by atoms with E-state index < -0.39 is 6.10 Å².